The average Bonchev–Trinajstić information content (AvgIpc) is 3.05. The molecule has 0 aliphatic carbocycles. The Balaban J connectivity index is 2.19. The van der Waals surface area contributed by atoms with Gasteiger partial charge in [0.1, 0.15) is 11.0 Å². The first kappa shape index (κ1) is 13.2. The highest BCUT2D eigenvalue weighted by Gasteiger charge is 2.19. The Morgan fingerprint density at radius 3 is 3.11 bits per heavy atom. The molecule has 6 heteroatoms. The van der Waals surface area contributed by atoms with Crippen molar-refractivity contribution in [2.45, 2.75) is 19.5 Å². The number of aryl methyl sites for hydroxylation is 1. The Morgan fingerprint density at radius 2 is 2.44 bits per heavy atom. The van der Waals surface area contributed by atoms with Crippen LogP contribution in [-0.4, -0.2) is 34.8 Å². The van der Waals surface area contributed by atoms with Crippen molar-refractivity contribution in [3.8, 4) is 0 Å². The minimum atomic E-state index is 0.0857. The molecule has 0 aliphatic rings. The molecule has 0 bridgehead atoms. The topological polar surface area (TPSA) is 52.0 Å². The van der Waals surface area contributed by atoms with Gasteiger partial charge in [-0.15, -0.1) is 11.3 Å². The third-order valence-corrected chi connectivity index (χ3v) is 3.57. The zero-order chi connectivity index (χ0) is 12.8. The van der Waals surface area contributed by atoms with E-state index >= 15 is 0 Å². The molecule has 0 saturated carbocycles. The van der Waals surface area contributed by atoms with Gasteiger partial charge in [0.15, 0.2) is 0 Å². The van der Waals surface area contributed by atoms with Crippen molar-refractivity contribution in [3.05, 3.63) is 34.8 Å². The van der Waals surface area contributed by atoms with Gasteiger partial charge in [-0.1, -0.05) is 0 Å². The summed E-state index contributed by atoms with van der Waals surface area (Å²) >= 11 is 1.65. The van der Waals surface area contributed by atoms with Gasteiger partial charge in [-0.3, -0.25) is 0 Å². The van der Waals surface area contributed by atoms with E-state index in [0.29, 0.717) is 6.61 Å². The van der Waals surface area contributed by atoms with Crippen LogP contribution in [0.15, 0.2) is 24.1 Å². The summed E-state index contributed by atoms with van der Waals surface area (Å²) in [6.45, 7) is 4.49. The lowest BCUT2D eigenvalue weighted by atomic mass is 10.2. The summed E-state index contributed by atoms with van der Waals surface area (Å²) in [5, 5.41) is 6.51. The maximum absolute atomic E-state index is 5.08. The highest BCUT2D eigenvalue weighted by atomic mass is 32.1. The normalized spacial score (nSPS) is 12.8. The number of imidazole rings is 1. The number of rotatable bonds is 7. The number of ether oxygens (including phenoxy) is 1. The van der Waals surface area contributed by atoms with Gasteiger partial charge in [0.2, 0.25) is 0 Å². The highest BCUT2D eigenvalue weighted by molar-refractivity contribution is 7.09. The SMILES string of the molecule is CCn1cncc1C(NCCOC)c1nccs1. The molecule has 0 saturated heterocycles. The third kappa shape index (κ3) is 2.95. The largest absolute Gasteiger partial charge is 0.383 e. The van der Waals surface area contributed by atoms with Crippen molar-refractivity contribution in [1.82, 2.24) is 19.9 Å². The molecular formula is C12H18N4OS. The number of methoxy groups -OCH3 is 1. The van der Waals surface area contributed by atoms with Crippen LogP contribution in [0.2, 0.25) is 0 Å². The van der Waals surface area contributed by atoms with E-state index in [4.69, 9.17) is 4.74 Å². The van der Waals surface area contributed by atoms with Crippen molar-refractivity contribution in [1.29, 1.82) is 0 Å². The van der Waals surface area contributed by atoms with E-state index in [-0.39, 0.29) is 6.04 Å². The molecule has 5 nitrogen and oxygen atoms in total. The molecule has 0 spiro atoms. The number of thiazole rings is 1. The number of aromatic nitrogens is 3. The van der Waals surface area contributed by atoms with Crippen LogP contribution in [0.1, 0.15) is 23.7 Å². The Hall–Kier alpha value is -1.24. The molecule has 2 aromatic heterocycles. The van der Waals surface area contributed by atoms with Crippen molar-refractivity contribution in [3.63, 3.8) is 0 Å². The van der Waals surface area contributed by atoms with Crippen LogP contribution < -0.4 is 5.32 Å². The molecular weight excluding hydrogens is 248 g/mol. The van der Waals surface area contributed by atoms with Crippen LogP contribution in [0.3, 0.4) is 0 Å². The molecule has 0 aromatic carbocycles. The van der Waals surface area contributed by atoms with E-state index in [2.05, 4.69) is 26.8 Å². The van der Waals surface area contributed by atoms with E-state index in [1.165, 1.54) is 0 Å². The molecule has 0 aliphatic heterocycles. The average molecular weight is 266 g/mol. The van der Waals surface area contributed by atoms with E-state index in [9.17, 15) is 0 Å². The quantitative estimate of drug-likeness (QED) is 0.775. The zero-order valence-electron chi connectivity index (χ0n) is 10.7. The summed E-state index contributed by atoms with van der Waals surface area (Å²) in [4.78, 5) is 8.62. The minimum Gasteiger partial charge on any atom is -0.383 e. The lowest BCUT2D eigenvalue weighted by Crippen LogP contribution is -2.27. The Morgan fingerprint density at radius 1 is 1.56 bits per heavy atom. The van der Waals surface area contributed by atoms with E-state index < -0.39 is 0 Å². The second-order valence-electron chi connectivity index (χ2n) is 3.85. The summed E-state index contributed by atoms with van der Waals surface area (Å²) in [5.74, 6) is 0. The number of nitrogens with one attached hydrogen (secondary N) is 1. The van der Waals surface area contributed by atoms with Gasteiger partial charge in [-0.25, -0.2) is 9.97 Å². The second-order valence-corrected chi connectivity index (χ2v) is 4.78. The van der Waals surface area contributed by atoms with Gasteiger partial charge in [-0.05, 0) is 6.92 Å². The van der Waals surface area contributed by atoms with Gasteiger partial charge in [-0.2, -0.15) is 0 Å². The maximum Gasteiger partial charge on any atom is 0.116 e. The predicted molar refractivity (Wildman–Crippen MR) is 71.7 cm³/mol. The third-order valence-electron chi connectivity index (χ3n) is 2.73. The van der Waals surface area contributed by atoms with Crippen molar-refractivity contribution < 1.29 is 4.74 Å². The summed E-state index contributed by atoms with van der Waals surface area (Å²) in [6, 6.07) is 0.0857. The summed E-state index contributed by atoms with van der Waals surface area (Å²) in [7, 11) is 1.70. The number of nitrogens with zero attached hydrogens (tertiary/aromatic N) is 3. The number of hydrogen-bond acceptors (Lipinski definition) is 5. The molecule has 0 amide bonds. The maximum atomic E-state index is 5.08. The zero-order valence-corrected chi connectivity index (χ0v) is 11.5. The van der Waals surface area contributed by atoms with Crippen LogP contribution in [0, 0.1) is 0 Å². The van der Waals surface area contributed by atoms with Crippen LogP contribution >= 0.6 is 11.3 Å². The molecule has 0 radical (unpaired) electrons. The summed E-state index contributed by atoms with van der Waals surface area (Å²) in [6.07, 6.45) is 5.58. The van der Waals surface area contributed by atoms with Gasteiger partial charge in [0, 0.05) is 31.8 Å². The molecule has 2 rings (SSSR count). The lowest BCUT2D eigenvalue weighted by Gasteiger charge is -2.17. The second kappa shape index (κ2) is 6.63. The fourth-order valence-electron chi connectivity index (χ4n) is 1.84. The monoisotopic (exact) mass is 266 g/mol. The van der Waals surface area contributed by atoms with Crippen molar-refractivity contribution in [2.75, 3.05) is 20.3 Å². The summed E-state index contributed by atoms with van der Waals surface area (Å²) < 4.78 is 7.21. The van der Waals surface area contributed by atoms with Crippen LogP contribution in [-0.2, 0) is 11.3 Å². The smallest absolute Gasteiger partial charge is 0.116 e. The van der Waals surface area contributed by atoms with Crippen LogP contribution in [0.4, 0.5) is 0 Å². The minimum absolute atomic E-state index is 0.0857. The standard InChI is InChI=1S/C12H18N4OS/c1-3-16-9-13-8-10(16)11(14-4-6-17-2)12-15-5-7-18-12/h5,7-9,11,14H,3-4,6H2,1-2H3. The van der Waals surface area contributed by atoms with Crippen molar-refractivity contribution in [2.24, 2.45) is 0 Å². The highest BCUT2D eigenvalue weighted by Crippen LogP contribution is 2.23. The molecule has 2 aromatic rings. The van der Waals surface area contributed by atoms with E-state index in [1.54, 1.807) is 18.4 Å². The molecule has 2 heterocycles. The number of hydrogen-bond donors (Lipinski definition) is 1. The molecule has 1 unspecified atom stereocenters. The van der Waals surface area contributed by atoms with Crippen LogP contribution in [0.25, 0.3) is 0 Å². The first-order valence-electron chi connectivity index (χ1n) is 5.98. The molecule has 1 atom stereocenters. The predicted octanol–water partition coefficient (Wildman–Crippen LogP) is 1.68. The molecule has 98 valence electrons. The van der Waals surface area contributed by atoms with E-state index in [0.717, 1.165) is 23.8 Å². The van der Waals surface area contributed by atoms with Crippen LogP contribution in [0.5, 0.6) is 0 Å². The Labute approximate surface area is 111 Å². The molecule has 1 N–H and O–H groups in total. The Bertz CT molecular complexity index is 454. The van der Waals surface area contributed by atoms with Gasteiger partial charge >= 0.3 is 0 Å². The first-order valence-corrected chi connectivity index (χ1v) is 6.86. The Kier molecular flexibility index (Phi) is 4.86. The molecule has 0 fully saturated rings. The molecule has 18 heavy (non-hydrogen) atoms. The van der Waals surface area contributed by atoms with Crippen molar-refractivity contribution >= 4 is 11.3 Å². The lowest BCUT2D eigenvalue weighted by molar-refractivity contribution is 0.197. The van der Waals surface area contributed by atoms with Gasteiger partial charge < -0.3 is 14.6 Å². The van der Waals surface area contributed by atoms with Gasteiger partial charge in [0.25, 0.3) is 0 Å². The summed E-state index contributed by atoms with van der Waals surface area (Å²) in [5.41, 5.74) is 1.14. The fourth-order valence-corrected chi connectivity index (χ4v) is 2.56. The van der Waals surface area contributed by atoms with E-state index in [1.807, 2.05) is 24.1 Å². The first-order chi connectivity index (χ1) is 8.86. The van der Waals surface area contributed by atoms with Gasteiger partial charge in [0.05, 0.1) is 24.8 Å². The fraction of sp³-hybridized carbons (Fsp3) is 0.500.